The number of benzene rings is 2. The van der Waals surface area contributed by atoms with Gasteiger partial charge < -0.3 is 14.4 Å². The normalized spacial score (nSPS) is 11.8. The molecule has 0 aliphatic heterocycles. The van der Waals surface area contributed by atoms with Crippen molar-refractivity contribution >= 4 is 22.4 Å². The van der Waals surface area contributed by atoms with E-state index in [1.807, 2.05) is 44.4 Å². The van der Waals surface area contributed by atoms with Crippen molar-refractivity contribution in [1.29, 1.82) is 0 Å². The Morgan fingerprint density at radius 2 is 1.91 bits per heavy atom. The molecule has 34 heavy (non-hydrogen) atoms. The van der Waals surface area contributed by atoms with Gasteiger partial charge in [-0.3, -0.25) is 10.1 Å². The number of likely N-dealkylation sites (N-methyl/N-ethyl adjacent to an activating group) is 1. The van der Waals surface area contributed by atoms with Crippen molar-refractivity contribution < 1.29 is 14.3 Å². The number of nitrogens with zero attached hydrogens (tertiary/aromatic N) is 5. The second-order valence-electron chi connectivity index (χ2n) is 7.61. The van der Waals surface area contributed by atoms with Crippen molar-refractivity contribution in [2.75, 3.05) is 33.1 Å². The Labute approximate surface area is 201 Å². The molecule has 0 fully saturated rings. The van der Waals surface area contributed by atoms with Gasteiger partial charge in [0.1, 0.15) is 18.1 Å². The number of hydrogen-bond acceptors (Lipinski definition) is 9. The molecule has 2 heterocycles. The number of methoxy groups -OCH3 is 1. The first-order chi connectivity index (χ1) is 16.5. The number of amides is 1. The standard InChI is InChI=1S/C24H24N6O3S/c1-30(2)14-21(16-7-5-4-6-8-16)33-19-10-9-17(13-20(19)32-3)22(31)27-24-29-28-23(34-24)18-11-12-25-15-26-18/h4-13,15,21H,14H2,1-3H3,(H,27,29,31)/t21-/m0/s1. The second-order valence-corrected chi connectivity index (χ2v) is 8.58. The topological polar surface area (TPSA) is 102 Å². The Hall–Kier alpha value is -3.89. The van der Waals surface area contributed by atoms with E-state index in [2.05, 4.69) is 30.4 Å². The van der Waals surface area contributed by atoms with Crippen LogP contribution in [0, 0.1) is 0 Å². The van der Waals surface area contributed by atoms with Crippen LogP contribution in [0.5, 0.6) is 11.5 Å². The molecule has 0 saturated heterocycles. The Kier molecular flexibility index (Phi) is 7.41. The fraction of sp³-hybridized carbons (Fsp3) is 0.208. The smallest absolute Gasteiger partial charge is 0.257 e. The highest BCUT2D eigenvalue weighted by Crippen LogP contribution is 2.33. The third-order valence-electron chi connectivity index (χ3n) is 4.84. The Balaban J connectivity index is 1.50. The average molecular weight is 477 g/mol. The minimum absolute atomic E-state index is 0.202. The fourth-order valence-electron chi connectivity index (χ4n) is 3.23. The number of carbonyl (C=O) groups excluding carboxylic acids is 1. The number of nitrogens with one attached hydrogen (secondary N) is 1. The Morgan fingerprint density at radius 1 is 1.09 bits per heavy atom. The molecule has 9 nitrogen and oxygen atoms in total. The van der Waals surface area contributed by atoms with Crippen LogP contribution in [0.4, 0.5) is 5.13 Å². The van der Waals surface area contributed by atoms with Crippen LogP contribution in [0.1, 0.15) is 22.0 Å². The monoisotopic (exact) mass is 476 g/mol. The zero-order valence-corrected chi connectivity index (χ0v) is 19.8. The summed E-state index contributed by atoms with van der Waals surface area (Å²) < 4.78 is 11.8. The molecule has 4 rings (SSSR count). The molecule has 0 bridgehead atoms. The highest BCUT2D eigenvalue weighted by molar-refractivity contribution is 7.18. The number of hydrogen-bond donors (Lipinski definition) is 1. The highest BCUT2D eigenvalue weighted by Gasteiger charge is 2.19. The zero-order valence-electron chi connectivity index (χ0n) is 19.0. The van der Waals surface area contributed by atoms with E-state index >= 15 is 0 Å². The summed E-state index contributed by atoms with van der Waals surface area (Å²) in [6.45, 7) is 0.682. The maximum absolute atomic E-state index is 12.8. The van der Waals surface area contributed by atoms with E-state index in [9.17, 15) is 4.79 Å². The van der Waals surface area contributed by atoms with Gasteiger partial charge in [0.05, 0.1) is 7.11 Å². The van der Waals surface area contributed by atoms with E-state index in [-0.39, 0.29) is 12.0 Å². The number of ether oxygens (including phenoxy) is 2. The van der Waals surface area contributed by atoms with E-state index in [4.69, 9.17) is 9.47 Å². The molecule has 0 aliphatic carbocycles. The van der Waals surface area contributed by atoms with Gasteiger partial charge in [-0.15, -0.1) is 10.2 Å². The lowest BCUT2D eigenvalue weighted by Gasteiger charge is -2.24. The summed E-state index contributed by atoms with van der Waals surface area (Å²) >= 11 is 1.23. The summed E-state index contributed by atoms with van der Waals surface area (Å²) in [6.07, 6.45) is 2.86. The van der Waals surface area contributed by atoms with Crippen LogP contribution in [-0.4, -0.2) is 58.7 Å². The lowest BCUT2D eigenvalue weighted by atomic mass is 10.1. The summed E-state index contributed by atoms with van der Waals surface area (Å²) in [5.74, 6) is 0.686. The van der Waals surface area contributed by atoms with E-state index < -0.39 is 0 Å². The van der Waals surface area contributed by atoms with E-state index in [0.29, 0.717) is 39.4 Å². The highest BCUT2D eigenvalue weighted by atomic mass is 32.1. The fourth-order valence-corrected chi connectivity index (χ4v) is 3.95. The van der Waals surface area contributed by atoms with Crippen LogP contribution in [0.2, 0.25) is 0 Å². The van der Waals surface area contributed by atoms with Gasteiger partial charge in [-0.1, -0.05) is 41.7 Å². The van der Waals surface area contributed by atoms with Gasteiger partial charge in [-0.2, -0.15) is 0 Å². The summed E-state index contributed by atoms with van der Waals surface area (Å²) in [5, 5.41) is 11.8. The molecule has 10 heteroatoms. The largest absolute Gasteiger partial charge is 0.493 e. The molecule has 0 radical (unpaired) electrons. The number of rotatable bonds is 9. The average Bonchev–Trinajstić information content (AvgIpc) is 3.33. The lowest BCUT2D eigenvalue weighted by molar-refractivity contribution is 0.102. The molecule has 1 atom stereocenters. The van der Waals surface area contributed by atoms with E-state index in [1.165, 1.54) is 17.7 Å². The van der Waals surface area contributed by atoms with Crippen molar-refractivity contribution in [3.05, 3.63) is 78.2 Å². The van der Waals surface area contributed by atoms with Gasteiger partial charge in [-0.05, 0) is 43.9 Å². The third-order valence-corrected chi connectivity index (χ3v) is 5.71. The van der Waals surface area contributed by atoms with Crippen molar-refractivity contribution in [2.24, 2.45) is 0 Å². The Bertz CT molecular complexity index is 1230. The van der Waals surface area contributed by atoms with Gasteiger partial charge in [0.15, 0.2) is 16.5 Å². The minimum atomic E-state index is -0.330. The van der Waals surface area contributed by atoms with Gasteiger partial charge in [0.2, 0.25) is 5.13 Å². The molecule has 0 unspecified atom stereocenters. The molecule has 4 aromatic rings. The zero-order chi connectivity index (χ0) is 23.9. The van der Waals surface area contributed by atoms with Crippen molar-refractivity contribution in [2.45, 2.75) is 6.10 Å². The van der Waals surface area contributed by atoms with Crippen LogP contribution in [0.15, 0.2) is 67.1 Å². The van der Waals surface area contributed by atoms with Gasteiger partial charge in [0, 0.05) is 18.3 Å². The number of anilines is 1. The molecule has 2 aromatic heterocycles. The van der Waals surface area contributed by atoms with Crippen LogP contribution in [0.3, 0.4) is 0 Å². The van der Waals surface area contributed by atoms with Crippen molar-refractivity contribution in [1.82, 2.24) is 25.1 Å². The molecular weight excluding hydrogens is 452 g/mol. The molecule has 2 aromatic carbocycles. The third kappa shape index (κ3) is 5.72. The van der Waals surface area contributed by atoms with Crippen LogP contribution in [-0.2, 0) is 0 Å². The predicted octanol–water partition coefficient (Wildman–Crippen LogP) is 3.94. The predicted molar refractivity (Wildman–Crippen MR) is 130 cm³/mol. The summed E-state index contributed by atoms with van der Waals surface area (Å²) in [7, 11) is 5.53. The number of carbonyl (C=O) groups is 1. The molecule has 0 aliphatic rings. The van der Waals surface area contributed by atoms with E-state index in [1.54, 1.807) is 37.6 Å². The quantitative estimate of drug-likeness (QED) is 0.388. The van der Waals surface area contributed by atoms with Crippen LogP contribution < -0.4 is 14.8 Å². The number of aromatic nitrogens is 4. The summed E-state index contributed by atoms with van der Waals surface area (Å²) in [4.78, 5) is 22.9. The van der Waals surface area contributed by atoms with E-state index in [0.717, 1.165) is 5.56 Å². The van der Waals surface area contributed by atoms with Crippen molar-refractivity contribution in [3.63, 3.8) is 0 Å². The molecule has 1 N–H and O–H groups in total. The first-order valence-electron chi connectivity index (χ1n) is 10.5. The molecular formula is C24H24N6O3S. The maximum Gasteiger partial charge on any atom is 0.257 e. The maximum atomic E-state index is 12.8. The first-order valence-corrected chi connectivity index (χ1v) is 11.3. The van der Waals surface area contributed by atoms with Gasteiger partial charge in [0.25, 0.3) is 5.91 Å². The molecule has 1 amide bonds. The van der Waals surface area contributed by atoms with Gasteiger partial charge >= 0.3 is 0 Å². The lowest BCUT2D eigenvalue weighted by Crippen LogP contribution is -2.24. The molecule has 174 valence electrons. The molecule has 0 spiro atoms. The molecule has 0 saturated carbocycles. The minimum Gasteiger partial charge on any atom is -0.493 e. The Morgan fingerprint density at radius 3 is 2.62 bits per heavy atom. The SMILES string of the molecule is COc1cc(C(=O)Nc2nnc(-c3ccncn3)s2)ccc1O[C@@H](CN(C)C)c1ccccc1. The second kappa shape index (κ2) is 10.8. The first kappa shape index (κ1) is 23.3. The van der Waals surface area contributed by atoms with Crippen LogP contribution in [0.25, 0.3) is 10.7 Å². The van der Waals surface area contributed by atoms with Crippen molar-refractivity contribution in [3.8, 4) is 22.2 Å². The summed E-state index contributed by atoms with van der Waals surface area (Å²) in [5.41, 5.74) is 2.10. The van der Waals surface area contributed by atoms with Gasteiger partial charge in [-0.25, -0.2) is 9.97 Å². The summed E-state index contributed by atoms with van der Waals surface area (Å²) in [6, 6.07) is 16.8. The van der Waals surface area contributed by atoms with Crippen LogP contribution >= 0.6 is 11.3 Å².